The molecule has 0 fully saturated rings. The van der Waals surface area contributed by atoms with Gasteiger partial charge in [0.05, 0.1) is 12.5 Å². The number of nitrogens with one attached hydrogen (secondary N) is 2. The van der Waals surface area contributed by atoms with Crippen LogP contribution >= 0.6 is 11.3 Å². The van der Waals surface area contributed by atoms with Gasteiger partial charge in [-0.25, -0.2) is 4.98 Å². The fourth-order valence-corrected chi connectivity index (χ4v) is 2.62. The first-order chi connectivity index (χ1) is 7.08. The van der Waals surface area contributed by atoms with Crippen molar-refractivity contribution in [1.82, 2.24) is 20.2 Å². The van der Waals surface area contributed by atoms with Crippen molar-refractivity contribution in [2.45, 2.75) is 11.9 Å². The molecule has 0 saturated carbocycles. The molecule has 80 valence electrons. The monoisotopic (exact) mass is 245 g/mol. The second-order valence-corrected chi connectivity index (χ2v) is 5.48. The van der Waals surface area contributed by atoms with E-state index >= 15 is 0 Å². The van der Waals surface area contributed by atoms with Crippen molar-refractivity contribution < 1.29 is 8.42 Å². The molecular weight excluding hydrogens is 238 g/mol. The topological polar surface area (TPSA) is 101 Å². The Kier molecular flexibility index (Phi) is 2.40. The van der Waals surface area contributed by atoms with E-state index in [-0.39, 0.29) is 10.2 Å². The number of anilines is 1. The smallest absolute Gasteiger partial charge is 0.280 e. The Morgan fingerprint density at radius 1 is 1.47 bits per heavy atom. The summed E-state index contributed by atoms with van der Waals surface area (Å²) in [6.45, 7) is 1.74. The van der Waals surface area contributed by atoms with Crippen molar-refractivity contribution in [1.29, 1.82) is 0 Å². The second kappa shape index (κ2) is 3.59. The van der Waals surface area contributed by atoms with Gasteiger partial charge in [-0.1, -0.05) is 11.3 Å². The van der Waals surface area contributed by atoms with Gasteiger partial charge in [0, 0.05) is 0 Å². The molecule has 0 atom stereocenters. The van der Waals surface area contributed by atoms with E-state index in [9.17, 15) is 8.42 Å². The summed E-state index contributed by atoms with van der Waals surface area (Å²) in [5.41, 5.74) is 0. The van der Waals surface area contributed by atoms with Gasteiger partial charge in [-0.15, -0.1) is 10.2 Å². The molecule has 0 radical (unpaired) electrons. The van der Waals surface area contributed by atoms with Crippen molar-refractivity contribution in [3.05, 3.63) is 17.5 Å². The van der Waals surface area contributed by atoms with Crippen LogP contribution in [0.5, 0.6) is 0 Å². The third-order valence-corrected chi connectivity index (χ3v) is 3.66. The lowest BCUT2D eigenvalue weighted by atomic mass is 10.9. The van der Waals surface area contributed by atoms with Crippen molar-refractivity contribution in [3.8, 4) is 0 Å². The Balaban J connectivity index is 2.26. The van der Waals surface area contributed by atoms with Gasteiger partial charge in [0.1, 0.15) is 5.01 Å². The van der Waals surface area contributed by atoms with E-state index < -0.39 is 10.0 Å². The lowest BCUT2D eigenvalue weighted by Crippen LogP contribution is -2.13. The molecule has 0 spiro atoms. The Labute approximate surface area is 89.6 Å². The third kappa shape index (κ3) is 2.13. The summed E-state index contributed by atoms with van der Waals surface area (Å²) in [6, 6.07) is 0. The molecule has 0 bridgehead atoms. The highest BCUT2D eigenvalue weighted by Gasteiger charge is 2.17. The second-order valence-electron chi connectivity index (χ2n) is 2.65. The zero-order chi connectivity index (χ0) is 10.9. The molecule has 0 unspecified atom stereocenters. The highest BCUT2D eigenvalue weighted by Crippen LogP contribution is 2.17. The predicted molar refractivity (Wildman–Crippen MR) is 54.0 cm³/mol. The minimum Gasteiger partial charge on any atom is -0.334 e. The number of nitrogens with zero attached hydrogens (tertiary/aromatic N) is 3. The van der Waals surface area contributed by atoms with Crippen LogP contribution in [0.3, 0.4) is 0 Å². The number of hydrogen-bond acceptors (Lipinski definition) is 6. The summed E-state index contributed by atoms with van der Waals surface area (Å²) in [6.07, 6.45) is 2.51. The van der Waals surface area contributed by atoms with E-state index in [0.717, 1.165) is 0 Å². The van der Waals surface area contributed by atoms with Crippen LogP contribution in [0, 0.1) is 6.92 Å². The molecule has 7 nitrogen and oxygen atoms in total. The van der Waals surface area contributed by atoms with E-state index in [0.29, 0.717) is 5.01 Å². The average Bonchev–Trinajstić information content (AvgIpc) is 2.75. The quantitative estimate of drug-likeness (QED) is 0.813. The molecule has 2 N–H and O–H groups in total. The number of aromatic amines is 1. The molecule has 9 heteroatoms. The first-order valence-electron chi connectivity index (χ1n) is 3.89. The van der Waals surface area contributed by atoms with Crippen molar-refractivity contribution in [3.63, 3.8) is 0 Å². The Morgan fingerprint density at radius 3 is 2.80 bits per heavy atom. The number of rotatable bonds is 3. The van der Waals surface area contributed by atoms with Gasteiger partial charge in [-0.05, 0) is 6.92 Å². The molecule has 2 aromatic rings. The SMILES string of the molecule is Cc1nnc(NS(=O)(=O)c2cnc[nH]2)s1. The van der Waals surface area contributed by atoms with Crippen LogP contribution in [0.4, 0.5) is 5.13 Å². The Bertz CT molecular complexity index is 544. The van der Waals surface area contributed by atoms with E-state index in [1.54, 1.807) is 6.92 Å². The summed E-state index contributed by atoms with van der Waals surface area (Å²) in [4.78, 5) is 6.13. The lowest BCUT2D eigenvalue weighted by Gasteiger charge is -2.00. The molecule has 2 heterocycles. The van der Waals surface area contributed by atoms with Crippen LogP contribution < -0.4 is 4.72 Å². The summed E-state index contributed by atoms with van der Waals surface area (Å²) >= 11 is 1.17. The maximum Gasteiger partial charge on any atom is 0.280 e. The number of imidazole rings is 1. The van der Waals surface area contributed by atoms with Gasteiger partial charge in [-0.2, -0.15) is 8.42 Å². The van der Waals surface area contributed by atoms with Crippen molar-refractivity contribution in [2.75, 3.05) is 4.72 Å². The van der Waals surface area contributed by atoms with Gasteiger partial charge in [0.2, 0.25) is 5.13 Å². The molecule has 0 amide bonds. The Morgan fingerprint density at radius 2 is 2.27 bits per heavy atom. The highest BCUT2D eigenvalue weighted by molar-refractivity contribution is 7.92. The van der Waals surface area contributed by atoms with E-state index in [1.807, 2.05) is 0 Å². The molecule has 0 aliphatic heterocycles. The van der Waals surface area contributed by atoms with Crippen LogP contribution in [0.1, 0.15) is 5.01 Å². The molecule has 0 aliphatic rings. The highest BCUT2D eigenvalue weighted by atomic mass is 32.2. The fraction of sp³-hybridized carbons (Fsp3) is 0.167. The van der Waals surface area contributed by atoms with E-state index in [2.05, 4.69) is 24.9 Å². The number of sulfonamides is 1. The maximum absolute atomic E-state index is 11.6. The number of aromatic nitrogens is 4. The summed E-state index contributed by atoms with van der Waals surface area (Å²) in [5.74, 6) is 0. The zero-order valence-electron chi connectivity index (χ0n) is 7.63. The molecule has 0 saturated heterocycles. The normalized spacial score (nSPS) is 11.5. The average molecular weight is 245 g/mol. The largest absolute Gasteiger partial charge is 0.334 e. The van der Waals surface area contributed by atoms with Crippen LogP contribution in [-0.4, -0.2) is 28.6 Å². The van der Waals surface area contributed by atoms with Gasteiger partial charge in [0.25, 0.3) is 10.0 Å². The zero-order valence-corrected chi connectivity index (χ0v) is 9.26. The third-order valence-electron chi connectivity index (χ3n) is 1.51. The minimum absolute atomic E-state index is 0.00430. The summed E-state index contributed by atoms with van der Waals surface area (Å²) in [7, 11) is -3.62. The molecule has 15 heavy (non-hydrogen) atoms. The standard InChI is InChI=1S/C6H7N5O2S2/c1-4-9-10-6(14-4)11-15(12,13)5-2-7-3-8-5/h2-3H,1H3,(H,7,8)(H,10,11). The van der Waals surface area contributed by atoms with Gasteiger partial charge < -0.3 is 4.98 Å². The molecular formula is C6H7N5O2S2. The number of H-pyrrole nitrogens is 1. The first-order valence-corrected chi connectivity index (χ1v) is 6.19. The van der Waals surface area contributed by atoms with Crippen LogP contribution in [0.15, 0.2) is 17.6 Å². The number of aryl methyl sites for hydroxylation is 1. The maximum atomic E-state index is 11.6. The van der Waals surface area contributed by atoms with Crippen molar-refractivity contribution in [2.24, 2.45) is 0 Å². The minimum atomic E-state index is -3.62. The summed E-state index contributed by atoms with van der Waals surface area (Å²) in [5, 5.41) is 8.28. The predicted octanol–water partition coefficient (Wildman–Crippen LogP) is 0.370. The first kappa shape index (κ1) is 10.1. The van der Waals surface area contributed by atoms with Gasteiger partial charge in [-0.3, -0.25) is 4.72 Å². The van der Waals surface area contributed by atoms with Crippen molar-refractivity contribution >= 4 is 26.5 Å². The van der Waals surface area contributed by atoms with Gasteiger partial charge >= 0.3 is 0 Å². The molecule has 2 aromatic heterocycles. The molecule has 0 aliphatic carbocycles. The van der Waals surface area contributed by atoms with E-state index in [4.69, 9.17) is 0 Å². The molecule has 0 aromatic carbocycles. The van der Waals surface area contributed by atoms with Crippen LogP contribution in [0.25, 0.3) is 0 Å². The Hall–Kier alpha value is -1.48. The van der Waals surface area contributed by atoms with Crippen LogP contribution in [0.2, 0.25) is 0 Å². The van der Waals surface area contributed by atoms with Crippen LogP contribution in [-0.2, 0) is 10.0 Å². The summed E-state index contributed by atoms with van der Waals surface area (Å²) < 4.78 is 25.5. The fourth-order valence-electron chi connectivity index (χ4n) is 0.898. The number of hydrogen-bond donors (Lipinski definition) is 2. The lowest BCUT2D eigenvalue weighted by molar-refractivity contribution is 0.598. The van der Waals surface area contributed by atoms with Gasteiger partial charge in [0.15, 0.2) is 5.03 Å². The molecule has 2 rings (SSSR count). The van der Waals surface area contributed by atoms with E-state index in [1.165, 1.54) is 23.9 Å².